The van der Waals surface area contributed by atoms with Crippen molar-refractivity contribution in [1.82, 2.24) is 14.1 Å². The Morgan fingerprint density at radius 2 is 2.62 bits per heavy atom. The van der Waals surface area contributed by atoms with Crippen LogP contribution in [0.15, 0.2) is 18.0 Å². The summed E-state index contributed by atoms with van der Waals surface area (Å²) in [5.74, 6) is 0. The smallest absolute Gasteiger partial charge is 0.0955 e. The van der Waals surface area contributed by atoms with E-state index in [1.165, 1.54) is 17.3 Å². The van der Waals surface area contributed by atoms with Gasteiger partial charge in [0.1, 0.15) is 0 Å². The molecule has 70 valence electrons. The van der Waals surface area contributed by atoms with Crippen molar-refractivity contribution in [2.75, 3.05) is 13.7 Å². The lowest BCUT2D eigenvalue weighted by Gasteiger charge is -2.12. The molecule has 1 aliphatic heterocycles. The van der Waals surface area contributed by atoms with E-state index in [2.05, 4.69) is 14.1 Å². The van der Waals surface area contributed by atoms with Gasteiger partial charge in [0.2, 0.25) is 0 Å². The predicted molar refractivity (Wildman–Crippen MR) is 50.4 cm³/mol. The Hall–Kier alpha value is -0.940. The number of hydrogen-bond acceptors (Lipinski definition) is 5. The molecule has 0 bridgehead atoms. The number of likely N-dealkylation sites (N-methyl/N-ethyl adjacent to an activating group) is 1. The number of nitrogens with zero attached hydrogens (tertiary/aromatic N) is 2. The Labute approximate surface area is 81.0 Å². The van der Waals surface area contributed by atoms with Gasteiger partial charge in [0.25, 0.3) is 0 Å². The van der Waals surface area contributed by atoms with Crippen molar-refractivity contribution in [2.24, 2.45) is 0 Å². The molecule has 0 aromatic carbocycles. The summed E-state index contributed by atoms with van der Waals surface area (Å²) in [5, 5.41) is 3.20. The second kappa shape index (κ2) is 3.85. The van der Waals surface area contributed by atoms with Crippen LogP contribution in [0.1, 0.15) is 18.2 Å². The summed E-state index contributed by atoms with van der Waals surface area (Å²) < 4.78 is 13.4. The Morgan fingerprint density at radius 3 is 3.15 bits per heavy atom. The van der Waals surface area contributed by atoms with E-state index >= 15 is 0 Å². The van der Waals surface area contributed by atoms with E-state index in [0.717, 1.165) is 18.7 Å². The molecular weight excluding hydrogens is 186 g/mol. The molecule has 2 rings (SSSR count). The van der Waals surface area contributed by atoms with Crippen molar-refractivity contribution in [3.05, 3.63) is 23.7 Å². The summed E-state index contributed by atoms with van der Waals surface area (Å²) in [6.07, 6.45) is 4.59. The van der Waals surface area contributed by atoms with Crippen molar-refractivity contribution in [3.63, 3.8) is 0 Å². The Bertz CT molecular complexity index is 296. The summed E-state index contributed by atoms with van der Waals surface area (Å²) in [5.41, 5.74) is 2.22. The predicted octanol–water partition coefficient (Wildman–Crippen LogP) is 1.10. The van der Waals surface area contributed by atoms with Crippen LogP contribution in [-0.4, -0.2) is 22.4 Å². The molecule has 1 atom stereocenters. The van der Waals surface area contributed by atoms with Gasteiger partial charge in [-0.3, -0.25) is 0 Å². The van der Waals surface area contributed by atoms with Gasteiger partial charge in [0, 0.05) is 6.42 Å². The highest BCUT2D eigenvalue weighted by molar-refractivity contribution is 6.99. The van der Waals surface area contributed by atoms with Gasteiger partial charge in [-0.15, -0.1) is 0 Å². The van der Waals surface area contributed by atoms with Crippen molar-refractivity contribution < 1.29 is 4.74 Å². The van der Waals surface area contributed by atoms with E-state index in [-0.39, 0.29) is 6.04 Å². The molecule has 2 heterocycles. The fraction of sp³-hybridized carbons (Fsp3) is 0.500. The molecule has 0 saturated carbocycles. The third-order valence-electron chi connectivity index (χ3n) is 2.08. The minimum atomic E-state index is 0.168. The molecule has 1 aromatic heterocycles. The van der Waals surface area contributed by atoms with Crippen LogP contribution in [0, 0.1) is 0 Å². The third kappa shape index (κ3) is 1.71. The van der Waals surface area contributed by atoms with Gasteiger partial charge >= 0.3 is 0 Å². The summed E-state index contributed by atoms with van der Waals surface area (Å²) in [4.78, 5) is 0. The van der Waals surface area contributed by atoms with Crippen LogP contribution in [-0.2, 0) is 4.74 Å². The Kier molecular flexibility index (Phi) is 2.56. The average Bonchev–Trinajstić information content (AvgIpc) is 2.76. The molecule has 0 saturated heterocycles. The highest BCUT2D eigenvalue weighted by Crippen LogP contribution is 2.25. The van der Waals surface area contributed by atoms with Crippen LogP contribution < -0.4 is 5.32 Å². The fourth-order valence-electron chi connectivity index (χ4n) is 1.44. The van der Waals surface area contributed by atoms with Crippen LogP contribution in [0.5, 0.6) is 0 Å². The maximum atomic E-state index is 5.19. The molecule has 5 heteroatoms. The maximum absolute atomic E-state index is 5.19. The zero-order chi connectivity index (χ0) is 9.10. The molecule has 0 aliphatic carbocycles. The van der Waals surface area contributed by atoms with E-state index < -0.39 is 0 Å². The number of rotatable bonds is 3. The van der Waals surface area contributed by atoms with Crippen molar-refractivity contribution in [3.8, 4) is 0 Å². The van der Waals surface area contributed by atoms with E-state index in [0.29, 0.717) is 0 Å². The zero-order valence-electron chi connectivity index (χ0n) is 7.36. The SMILES string of the molecule is CNC(C1=COCC1)c1cnsn1. The van der Waals surface area contributed by atoms with Gasteiger partial charge < -0.3 is 10.1 Å². The van der Waals surface area contributed by atoms with E-state index in [4.69, 9.17) is 4.74 Å². The largest absolute Gasteiger partial charge is 0.501 e. The maximum Gasteiger partial charge on any atom is 0.0955 e. The topological polar surface area (TPSA) is 47.0 Å². The average molecular weight is 197 g/mol. The van der Waals surface area contributed by atoms with Crippen molar-refractivity contribution >= 4 is 11.7 Å². The second-order valence-electron chi connectivity index (χ2n) is 2.87. The van der Waals surface area contributed by atoms with E-state index in [9.17, 15) is 0 Å². The zero-order valence-corrected chi connectivity index (χ0v) is 8.17. The minimum Gasteiger partial charge on any atom is -0.501 e. The van der Waals surface area contributed by atoms with Gasteiger partial charge in [-0.05, 0) is 12.6 Å². The molecule has 1 aromatic rings. The van der Waals surface area contributed by atoms with Crippen molar-refractivity contribution in [1.29, 1.82) is 0 Å². The molecule has 0 radical (unpaired) electrons. The van der Waals surface area contributed by atoms with Crippen LogP contribution in [0.2, 0.25) is 0 Å². The second-order valence-corrected chi connectivity index (χ2v) is 3.42. The van der Waals surface area contributed by atoms with E-state index in [1.807, 2.05) is 13.3 Å². The van der Waals surface area contributed by atoms with Crippen molar-refractivity contribution in [2.45, 2.75) is 12.5 Å². The highest BCUT2D eigenvalue weighted by atomic mass is 32.1. The first-order chi connectivity index (χ1) is 6.42. The van der Waals surface area contributed by atoms with Gasteiger partial charge in [-0.1, -0.05) is 0 Å². The van der Waals surface area contributed by atoms with Crippen LogP contribution in [0.25, 0.3) is 0 Å². The van der Waals surface area contributed by atoms with Crippen LogP contribution in [0.4, 0.5) is 0 Å². The number of ether oxygens (including phenoxy) is 1. The minimum absolute atomic E-state index is 0.168. The molecule has 13 heavy (non-hydrogen) atoms. The lowest BCUT2D eigenvalue weighted by Crippen LogP contribution is -2.18. The van der Waals surface area contributed by atoms with Crippen LogP contribution >= 0.6 is 11.7 Å². The van der Waals surface area contributed by atoms with Gasteiger partial charge in [-0.2, -0.15) is 8.75 Å². The first-order valence-corrected chi connectivity index (χ1v) is 4.90. The standard InChI is InChI=1S/C8H11N3OS/c1-9-8(6-2-3-12-5-6)7-4-10-13-11-7/h4-5,8-9H,2-3H2,1H3. The van der Waals surface area contributed by atoms with Gasteiger partial charge in [0.15, 0.2) is 0 Å². The molecule has 0 spiro atoms. The Balaban J connectivity index is 2.18. The monoisotopic (exact) mass is 197 g/mol. The summed E-state index contributed by atoms with van der Waals surface area (Å²) in [6.45, 7) is 0.783. The molecule has 1 unspecified atom stereocenters. The Morgan fingerprint density at radius 1 is 1.69 bits per heavy atom. The quantitative estimate of drug-likeness (QED) is 0.788. The summed E-state index contributed by atoms with van der Waals surface area (Å²) in [7, 11) is 1.92. The number of nitrogens with one attached hydrogen (secondary N) is 1. The first kappa shape index (κ1) is 8.65. The molecule has 4 nitrogen and oxygen atoms in total. The fourth-order valence-corrected chi connectivity index (χ4v) is 1.89. The summed E-state index contributed by atoms with van der Waals surface area (Å²) >= 11 is 1.23. The normalized spacial score (nSPS) is 18.1. The molecular formula is C8H11N3OS. The lowest BCUT2D eigenvalue weighted by molar-refractivity contribution is 0.281. The first-order valence-electron chi connectivity index (χ1n) is 4.17. The molecule has 0 fully saturated rings. The van der Waals surface area contributed by atoms with Gasteiger partial charge in [-0.25, -0.2) is 0 Å². The summed E-state index contributed by atoms with van der Waals surface area (Å²) in [6, 6.07) is 0.168. The number of aromatic nitrogens is 2. The van der Waals surface area contributed by atoms with Gasteiger partial charge in [0.05, 0.1) is 42.5 Å². The number of hydrogen-bond donors (Lipinski definition) is 1. The molecule has 0 amide bonds. The lowest BCUT2D eigenvalue weighted by atomic mass is 10.0. The highest BCUT2D eigenvalue weighted by Gasteiger charge is 2.20. The van der Waals surface area contributed by atoms with E-state index in [1.54, 1.807) is 6.20 Å². The molecule has 1 N–H and O–H groups in total. The third-order valence-corrected chi connectivity index (χ3v) is 2.57. The van der Waals surface area contributed by atoms with Crippen LogP contribution in [0.3, 0.4) is 0 Å². The molecule has 1 aliphatic rings.